The highest BCUT2D eigenvalue weighted by atomic mass is 35.5. The Balaban J connectivity index is 1.72. The van der Waals surface area contributed by atoms with Gasteiger partial charge in [0.1, 0.15) is 11.5 Å². The van der Waals surface area contributed by atoms with Crippen molar-refractivity contribution >= 4 is 34.6 Å². The molecule has 1 aromatic heterocycles. The molecule has 0 radical (unpaired) electrons. The summed E-state index contributed by atoms with van der Waals surface area (Å²) in [4.78, 5) is 23.9. The Hall–Kier alpha value is -3.11. The molecule has 168 valence electrons. The van der Waals surface area contributed by atoms with E-state index in [2.05, 4.69) is 0 Å². The predicted octanol–water partition coefficient (Wildman–Crippen LogP) is 6.45. The van der Waals surface area contributed by atoms with Gasteiger partial charge in [-0.25, -0.2) is 0 Å². The summed E-state index contributed by atoms with van der Waals surface area (Å²) in [6.07, 6.45) is -4.41. The molecule has 0 aliphatic carbocycles. The molecule has 2 aromatic carbocycles. The average Bonchev–Trinajstić information content (AvgIpc) is 3.22. The third kappa shape index (κ3) is 6.21. The summed E-state index contributed by atoms with van der Waals surface area (Å²) >= 11 is 7.40. The zero-order chi connectivity index (χ0) is 23.3. The molecule has 6 nitrogen and oxygen atoms in total. The third-order valence-electron chi connectivity index (χ3n) is 4.26. The molecule has 0 saturated carbocycles. The molecule has 1 heterocycles. The first kappa shape index (κ1) is 23.6. The number of alkyl halides is 3. The smallest absolute Gasteiger partial charge is 0.416 e. The Labute approximate surface area is 189 Å². The lowest BCUT2D eigenvalue weighted by Crippen LogP contribution is -2.11. The van der Waals surface area contributed by atoms with E-state index in [1.165, 1.54) is 23.5 Å². The van der Waals surface area contributed by atoms with Crippen molar-refractivity contribution in [3.05, 3.63) is 85.1 Å². The van der Waals surface area contributed by atoms with Gasteiger partial charge in [0.15, 0.2) is 0 Å². The van der Waals surface area contributed by atoms with Crippen molar-refractivity contribution < 1.29 is 32.4 Å². The number of benzene rings is 2. The maximum Gasteiger partial charge on any atom is 0.416 e. The van der Waals surface area contributed by atoms with Crippen LogP contribution in [-0.2, 0) is 28.5 Å². The Morgan fingerprint density at radius 3 is 2.56 bits per heavy atom. The number of nitrogens with zero attached hydrogens (tertiary/aromatic N) is 1. The molecule has 0 spiro atoms. The van der Waals surface area contributed by atoms with E-state index in [9.17, 15) is 28.1 Å². The number of hydrogen-bond acceptors (Lipinski definition) is 6. The second-order valence-electron chi connectivity index (χ2n) is 6.52. The lowest BCUT2D eigenvalue weighted by atomic mass is 10.1. The van der Waals surface area contributed by atoms with E-state index >= 15 is 0 Å². The highest BCUT2D eigenvalue weighted by molar-refractivity contribution is 7.09. The molecule has 0 aliphatic rings. The van der Waals surface area contributed by atoms with Gasteiger partial charge in [0.25, 0.3) is 5.69 Å². The van der Waals surface area contributed by atoms with Gasteiger partial charge in [-0.05, 0) is 41.8 Å². The molecule has 0 unspecified atom stereocenters. The zero-order valence-electron chi connectivity index (χ0n) is 16.2. The first-order valence-corrected chi connectivity index (χ1v) is 10.4. The largest absolute Gasteiger partial charge is 0.465 e. The van der Waals surface area contributed by atoms with E-state index in [4.69, 9.17) is 21.1 Å². The van der Waals surface area contributed by atoms with Crippen molar-refractivity contribution in [3.63, 3.8) is 0 Å². The fraction of sp³-hybridized carbons (Fsp3) is 0.190. The van der Waals surface area contributed by atoms with Crippen molar-refractivity contribution in [1.29, 1.82) is 0 Å². The molecule has 3 rings (SSSR count). The Morgan fingerprint density at radius 1 is 1.16 bits per heavy atom. The fourth-order valence-corrected chi connectivity index (χ4v) is 3.67. The van der Waals surface area contributed by atoms with Crippen molar-refractivity contribution in [3.8, 4) is 11.5 Å². The van der Waals surface area contributed by atoms with Crippen LogP contribution in [0.3, 0.4) is 0 Å². The maximum absolute atomic E-state index is 12.8. The van der Waals surface area contributed by atoms with Gasteiger partial charge in [-0.2, -0.15) is 13.2 Å². The van der Waals surface area contributed by atoms with E-state index in [1.807, 2.05) is 17.5 Å². The van der Waals surface area contributed by atoms with Gasteiger partial charge < -0.3 is 9.47 Å². The monoisotopic (exact) mass is 485 g/mol. The van der Waals surface area contributed by atoms with Crippen LogP contribution in [0.4, 0.5) is 18.9 Å². The van der Waals surface area contributed by atoms with Gasteiger partial charge in [-0.1, -0.05) is 17.7 Å². The zero-order valence-corrected chi connectivity index (χ0v) is 17.8. The van der Waals surface area contributed by atoms with Gasteiger partial charge in [-0.3, -0.25) is 14.9 Å². The second-order valence-corrected chi connectivity index (χ2v) is 7.96. The molecule has 0 bridgehead atoms. The molecule has 3 aromatic rings. The van der Waals surface area contributed by atoms with Gasteiger partial charge in [-0.15, -0.1) is 11.3 Å². The summed E-state index contributed by atoms with van der Waals surface area (Å²) in [6, 6.07) is 10.00. The fourth-order valence-electron chi connectivity index (χ4n) is 2.76. The minimum absolute atomic E-state index is 0.0386. The molecular weight excluding hydrogens is 471 g/mol. The molecule has 0 atom stereocenters. The van der Waals surface area contributed by atoms with Crippen LogP contribution in [0.5, 0.6) is 11.5 Å². The molecule has 0 amide bonds. The standard InChI is InChI=1S/C21H15ClF3NO5S/c22-17-12-14(21(23,24)25)3-6-19(17)31-15-4-5-18(26(28)29)13(10-15)11-20(27)30-8-7-16-2-1-9-32-16/h1-6,9-10,12H,7-8,11H2. The van der Waals surface area contributed by atoms with Gasteiger partial charge in [0.05, 0.1) is 28.5 Å². The van der Waals surface area contributed by atoms with Crippen molar-refractivity contribution in [2.24, 2.45) is 0 Å². The molecule has 0 aliphatic heterocycles. The van der Waals surface area contributed by atoms with E-state index < -0.39 is 22.6 Å². The van der Waals surface area contributed by atoms with Crippen molar-refractivity contribution in [2.45, 2.75) is 19.0 Å². The van der Waals surface area contributed by atoms with Crippen LogP contribution >= 0.6 is 22.9 Å². The number of rotatable bonds is 8. The number of thiophene rings is 1. The lowest BCUT2D eigenvalue weighted by Gasteiger charge is -2.12. The summed E-state index contributed by atoms with van der Waals surface area (Å²) in [5, 5.41) is 12.9. The number of nitro groups is 1. The number of hydrogen-bond donors (Lipinski definition) is 0. The molecule has 0 N–H and O–H groups in total. The summed E-state index contributed by atoms with van der Waals surface area (Å²) in [7, 11) is 0. The third-order valence-corrected chi connectivity index (χ3v) is 5.49. The van der Waals surface area contributed by atoms with E-state index in [0.29, 0.717) is 12.5 Å². The maximum atomic E-state index is 12.8. The van der Waals surface area contributed by atoms with Gasteiger partial charge in [0.2, 0.25) is 0 Å². The van der Waals surface area contributed by atoms with Crippen LogP contribution in [0.2, 0.25) is 5.02 Å². The van der Waals surface area contributed by atoms with Crippen molar-refractivity contribution in [1.82, 2.24) is 0 Å². The van der Waals surface area contributed by atoms with Crippen LogP contribution in [0, 0.1) is 10.1 Å². The highest BCUT2D eigenvalue weighted by Gasteiger charge is 2.31. The van der Waals surface area contributed by atoms with E-state index in [0.717, 1.165) is 23.1 Å². The SMILES string of the molecule is O=C(Cc1cc(Oc2ccc(C(F)(F)F)cc2Cl)ccc1[N+](=O)[O-])OCCc1cccs1. The summed E-state index contributed by atoms with van der Waals surface area (Å²) in [5.74, 6) is -0.661. The molecule has 11 heteroatoms. The Kier molecular flexibility index (Phi) is 7.37. The topological polar surface area (TPSA) is 78.7 Å². The number of halogens is 4. The summed E-state index contributed by atoms with van der Waals surface area (Å²) in [5.41, 5.74) is -1.22. The summed E-state index contributed by atoms with van der Waals surface area (Å²) < 4.78 is 49.0. The second kappa shape index (κ2) is 10.0. The Bertz CT molecular complexity index is 1120. The van der Waals surface area contributed by atoms with Crippen LogP contribution < -0.4 is 4.74 Å². The van der Waals surface area contributed by atoms with Crippen LogP contribution in [0.1, 0.15) is 16.0 Å². The number of nitro benzene ring substituents is 1. The highest BCUT2D eigenvalue weighted by Crippen LogP contribution is 2.37. The molecule has 32 heavy (non-hydrogen) atoms. The lowest BCUT2D eigenvalue weighted by molar-refractivity contribution is -0.385. The number of carbonyl (C=O) groups excluding carboxylic acids is 1. The number of ether oxygens (including phenoxy) is 2. The predicted molar refractivity (Wildman–Crippen MR) is 112 cm³/mol. The summed E-state index contributed by atoms with van der Waals surface area (Å²) in [6.45, 7) is 0.129. The molecule has 0 saturated heterocycles. The molecular formula is C21H15ClF3NO5S. The first-order valence-electron chi connectivity index (χ1n) is 9.13. The van der Waals surface area contributed by atoms with Crippen LogP contribution in [-0.4, -0.2) is 17.5 Å². The average molecular weight is 486 g/mol. The number of carbonyl (C=O) groups is 1. The van der Waals surface area contributed by atoms with Crippen LogP contribution in [0.25, 0.3) is 0 Å². The number of esters is 1. The van der Waals surface area contributed by atoms with Gasteiger partial charge in [0, 0.05) is 22.9 Å². The Morgan fingerprint density at radius 2 is 1.94 bits per heavy atom. The minimum atomic E-state index is -4.56. The van der Waals surface area contributed by atoms with E-state index in [1.54, 1.807) is 0 Å². The normalized spacial score (nSPS) is 11.2. The van der Waals surface area contributed by atoms with E-state index in [-0.39, 0.29) is 40.8 Å². The van der Waals surface area contributed by atoms with Crippen molar-refractivity contribution in [2.75, 3.05) is 6.61 Å². The van der Waals surface area contributed by atoms with Gasteiger partial charge >= 0.3 is 12.1 Å². The first-order chi connectivity index (χ1) is 15.1. The molecule has 0 fully saturated rings. The van der Waals surface area contributed by atoms with Crippen LogP contribution in [0.15, 0.2) is 53.9 Å². The quantitative estimate of drug-likeness (QED) is 0.208. The minimum Gasteiger partial charge on any atom is -0.465 e.